The number of fused-ring (bicyclic) bond motifs is 1. The minimum absolute atomic E-state index is 0.0186. The largest absolute Gasteiger partial charge is 0.493 e. The molecule has 0 aliphatic carbocycles. The van der Waals surface area contributed by atoms with E-state index in [9.17, 15) is 10.1 Å². The first-order valence-electron chi connectivity index (χ1n) is 11.2. The molecule has 176 valence electrons. The molecule has 0 saturated heterocycles. The zero-order valence-electron chi connectivity index (χ0n) is 19.7. The molecule has 0 spiro atoms. The fourth-order valence-electron chi connectivity index (χ4n) is 4.30. The molecule has 1 heterocycles. The van der Waals surface area contributed by atoms with Crippen LogP contribution in [0.4, 0.5) is 0 Å². The SMILES string of the molecule is COc1ccc(CC(CCCC(C#N)(C(C)C)C2Oc3ccccc3O2)NC=O)cc1OC. The Kier molecular flexibility index (Phi) is 8.05. The standard InChI is InChI=1S/C26H32N2O5/c1-18(2)26(16-27,25-32-22-9-5-6-10-23(22)33-25)13-7-8-20(28-17-29)14-19-11-12-21(30-3)24(15-19)31-4/h5-6,9-12,15,17-18,20,25H,7-8,13-14H2,1-4H3,(H,28,29). The van der Waals surface area contributed by atoms with Crippen LogP contribution in [0.25, 0.3) is 0 Å². The Bertz CT molecular complexity index is 962. The summed E-state index contributed by atoms with van der Waals surface area (Å²) < 4.78 is 22.8. The lowest BCUT2D eigenvalue weighted by Crippen LogP contribution is -2.44. The van der Waals surface area contributed by atoms with Gasteiger partial charge in [0.1, 0.15) is 5.41 Å². The Morgan fingerprint density at radius 3 is 2.33 bits per heavy atom. The van der Waals surface area contributed by atoms with Crippen LogP contribution in [0.5, 0.6) is 23.0 Å². The number of nitrogens with zero attached hydrogens (tertiary/aromatic N) is 1. The number of amides is 1. The number of methoxy groups -OCH3 is 2. The normalized spacial score (nSPS) is 15.4. The van der Waals surface area contributed by atoms with Gasteiger partial charge in [-0.25, -0.2) is 0 Å². The number of nitriles is 1. The maximum atomic E-state index is 11.2. The monoisotopic (exact) mass is 452 g/mol. The van der Waals surface area contributed by atoms with Crippen molar-refractivity contribution in [3.63, 3.8) is 0 Å². The fraction of sp³-hybridized carbons (Fsp3) is 0.462. The van der Waals surface area contributed by atoms with Gasteiger partial charge in [0.05, 0.1) is 20.3 Å². The van der Waals surface area contributed by atoms with Gasteiger partial charge in [0.2, 0.25) is 6.41 Å². The summed E-state index contributed by atoms with van der Waals surface area (Å²) in [6, 6.07) is 15.6. The first-order chi connectivity index (χ1) is 16.0. The summed E-state index contributed by atoms with van der Waals surface area (Å²) in [4.78, 5) is 11.2. The molecule has 1 amide bonds. The van der Waals surface area contributed by atoms with Crippen LogP contribution in [0.3, 0.4) is 0 Å². The highest BCUT2D eigenvalue weighted by molar-refractivity contribution is 5.47. The molecular formula is C26H32N2O5. The molecule has 0 aromatic heterocycles. The molecule has 1 N–H and O–H groups in total. The number of para-hydroxylation sites is 2. The molecule has 2 aromatic rings. The molecule has 0 fully saturated rings. The predicted octanol–water partition coefficient (Wildman–Crippen LogP) is 4.49. The van der Waals surface area contributed by atoms with E-state index in [-0.39, 0.29) is 12.0 Å². The van der Waals surface area contributed by atoms with Crippen LogP contribution in [-0.2, 0) is 11.2 Å². The summed E-state index contributed by atoms with van der Waals surface area (Å²) in [5.74, 6) is 2.66. The van der Waals surface area contributed by atoms with Gasteiger partial charge in [-0.1, -0.05) is 32.0 Å². The first-order valence-corrected chi connectivity index (χ1v) is 11.2. The lowest BCUT2D eigenvalue weighted by atomic mass is 9.73. The van der Waals surface area contributed by atoms with Crippen molar-refractivity contribution < 1.29 is 23.7 Å². The highest BCUT2D eigenvalue weighted by Crippen LogP contribution is 2.45. The fourth-order valence-corrected chi connectivity index (χ4v) is 4.30. The van der Waals surface area contributed by atoms with Gasteiger partial charge in [0, 0.05) is 6.04 Å². The third kappa shape index (κ3) is 5.33. The van der Waals surface area contributed by atoms with Crippen LogP contribution >= 0.6 is 0 Å². The third-order valence-corrected chi connectivity index (χ3v) is 6.35. The van der Waals surface area contributed by atoms with Crippen molar-refractivity contribution in [2.24, 2.45) is 11.3 Å². The molecule has 2 unspecified atom stereocenters. The van der Waals surface area contributed by atoms with E-state index in [4.69, 9.17) is 18.9 Å². The molecule has 2 aromatic carbocycles. The van der Waals surface area contributed by atoms with E-state index < -0.39 is 11.7 Å². The van der Waals surface area contributed by atoms with Crippen LogP contribution in [0, 0.1) is 22.7 Å². The molecule has 0 radical (unpaired) electrons. The zero-order valence-corrected chi connectivity index (χ0v) is 19.7. The number of ether oxygens (including phenoxy) is 4. The minimum atomic E-state index is -0.811. The Morgan fingerprint density at radius 2 is 1.79 bits per heavy atom. The van der Waals surface area contributed by atoms with E-state index in [2.05, 4.69) is 11.4 Å². The van der Waals surface area contributed by atoms with Crippen molar-refractivity contribution in [3.8, 4) is 29.1 Å². The van der Waals surface area contributed by atoms with Crippen molar-refractivity contribution >= 4 is 6.41 Å². The Balaban J connectivity index is 1.67. The second kappa shape index (κ2) is 11.0. The van der Waals surface area contributed by atoms with E-state index >= 15 is 0 Å². The van der Waals surface area contributed by atoms with E-state index in [1.165, 1.54) is 0 Å². The van der Waals surface area contributed by atoms with Crippen LogP contribution < -0.4 is 24.3 Å². The van der Waals surface area contributed by atoms with Gasteiger partial charge >= 0.3 is 0 Å². The summed E-state index contributed by atoms with van der Waals surface area (Å²) >= 11 is 0. The number of benzene rings is 2. The highest BCUT2D eigenvalue weighted by Gasteiger charge is 2.48. The van der Waals surface area contributed by atoms with E-state index in [0.717, 1.165) is 18.4 Å². The third-order valence-electron chi connectivity index (χ3n) is 6.35. The molecule has 2 atom stereocenters. The molecule has 3 rings (SSSR count). The molecule has 7 heteroatoms. The molecular weight excluding hydrogens is 420 g/mol. The summed E-state index contributed by atoms with van der Waals surface area (Å²) in [7, 11) is 3.20. The number of carbonyl (C=O) groups is 1. The second-order valence-electron chi connectivity index (χ2n) is 8.59. The number of hydrogen-bond donors (Lipinski definition) is 1. The maximum Gasteiger partial charge on any atom is 0.260 e. The van der Waals surface area contributed by atoms with E-state index in [0.29, 0.717) is 42.3 Å². The average Bonchev–Trinajstić information content (AvgIpc) is 3.26. The Morgan fingerprint density at radius 1 is 1.12 bits per heavy atom. The average molecular weight is 453 g/mol. The second-order valence-corrected chi connectivity index (χ2v) is 8.59. The Hall–Kier alpha value is -3.40. The van der Waals surface area contributed by atoms with Crippen molar-refractivity contribution in [1.82, 2.24) is 5.32 Å². The minimum Gasteiger partial charge on any atom is -0.493 e. The van der Waals surface area contributed by atoms with Gasteiger partial charge in [-0.2, -0.15) is 5.26 Å². The summed E-state index contributed by atoms with van der Waals surface area (Å²) in [5, 5.41) is 13.1. The lowest BCUT2D eigenvalue weighted by Gasteiger charge is -2.34. The van der Waals surface area contributed by atoms with Crippen molar-refractivity contribution in [2.75, 3.05) is 14.2 Å². The topological polar surface area (TPSA) is 89.8 Å². The molecule has 7 nitrogen and oxygen atoms in total. The smallest absolute Gasteiger partial charge is 0.260 e. The Labute approximate surface area is 195 Å². The van der Waals surface area contributed by atoms with Gasteiger partial charge in [-0.15, -0.1) is 0 Å². The van der Waals surface area contributed by atoms with Crippen molar-refractivity contribution in [2.45, 2.75) is 51.9 Å². The van der Waals surface area contributed by atoms with Gasteiger partial charge in [-0.3, -0.25) is 4.79 Å². The van der Waals surface area contributed by atoms with E-state index in [1.807, 2.05) is 56.3 Å². The maximum absolute atomic E-state index is 11.2. The number of rotatable bonds is 12. The molecule has 1 aliphatic heterocycles. The van der Waals surface area contributed by atoms with Crippen LogP contribution in [0.15, 0.2) is 42.5 Å². The summed E-state index contributed by atoms with van der Waals surface area (Å²) in [5.41, 5.74) is 0.217. The quantitative estimate of drug-likeness (QED) is 0.477. The van der Waals surface area contributed by atoms with Gasteiger partial charge < -0.3 is 24.3 Å². The van der Waals surface area contributed by atoms with Crippen molar-refractivity contribution in [1.29, 1.82) is 5.26 Å². The zero-order chi connectivity index (χ0) is 23.8. The van der Waals surface area contributed by atoms with Crippen LogP contribution in [0.2, 0.25) is 0 Å². The van der Waals surface area contributed by atoms with Gasteiger partial charge in [0.15, 0.2) is 23.0 Å². The lowest BCUT2D eigenvalue weighted by molar-refractivity contribution is -0.110. The first kappa shape index (κ1) is 24.2. The van der Waals surface area contributed by atoms with Crippen molar-refractivity contribution in [3.05, 3.63) is 48.0 Å². The van der Waals surface area contributed by atoms with Crippen LogP contribution in [-0.4, -0.2) is 33.0 Å². The number of hydrogen-bond acceptors (Lipinski definition) is 6. The van der Waals surface area contributed by atoms with Crippen LogP contribution in [0.1, 0.15) is 38.7 Å². The molecule has 0 saturated carbocycles. The summed E-state index contributed by atoms with van der Waals surface area (Å²) in [6.45, 7) is 4.04. The highest BCUT2D eigenvalue weighted by atomic mass is 16.7. The number of nitrogens with one attached hydrogen (secondary N) is 1. The van der Waals surface area contributed by atoms with Gasteiger partial charge in [0.25, 0.3) is 6.29 Å². The van der Waals surface area contributed by atoms with Gasteiger partial charge in [-0.05, 0) is 61.4 Å². The predicted molar refractivity (Wildman–Crippen MR) is 124 cm³/mol. The number of carbonyl (C=O) groups excluding carboxylic acids is 1. The molecule has 1 aliphatic rings. The molecule has 33 heavy (non-hydrogen) atoms. The van der Waals surface area contributed by atoms with E-state index in [1.54, 1.807) is 14.2 Å². The summed E-state index contributed by atoms with van der Waals surface area (Å²) in [6.07, 6.45) is 2.73. The molecule has 0 bridgehead atoms.